The van der Waals surface area contributed by atoms with Crippen molar-refractivity contribution in [3.8, 4) is 0 Å². The SMILES string of the molecule is CC(=O)CC(=O)N(CCN(C(=O)CC(C)O)C(O)CC(C)=O)C(=O)CC(C)=O. The molecule has 10 nitrogen and oxygen atoms in total. The first kappa shape index (κ1) is 25.5. The minimum Gasteiger partial charge on any atom is -0.393 e. The smallest absolute Gasteiger partial charge is 0.236 e. The molecule has 2 atom stereocenters. The summed E-state index contributed by atoms with van der Waals surface area (Å²) in [6.45, 7) is 4.22. The molecule has 0 saturated heterocycles. The minimum absolute atomic E-state index is 0.326. The maximum absolute atomic E-state index is 12.3. The number of amides is 3. The summed E-state index contributed by atoms with van der Waals surface area (Å²) in [5.74, 6) is -3.69. The zero-order valence-corrected chi connectivity index (χ0v) is 16.6. The van der Waals surface area contributed by atoms with E-state index >= 15 is 0 Å². The Morgan fingerprint density at radius 3 is 1.54 bits per heavy atom. The van der Waals surface area contributed by atoms with E-state index in [0.29, 0.717) is 4.90 Å². The molecule has 0 fully saturated rings. The van der Waals surface area contributed by atoms with E-state index in [1.54, 1.807) is 0 Å². The molecule has 0 radical (unpaired) electrons. The topological polar surface area (TPSA) is 149 Å². The molecule has 0 aliphatic carbocycles. The molecule has 0 aromatic carbocycles. The molecule has 28 heavy (non-hydrogen) atoms. The molecule has 0 spiro atoms. The van der Waals surface area contributed by atoms with Gasteiger partial charge in [0.2, 0.25) is 17.7 Å². The maximum Gasteiger partial charge on any atom is 0.236 e. The summed E-state index contributed by atoms with van der Waals surface area (Å²) in [4.78, 5) is 71.9. The number of imide groups is 1. The highest BCUT2D eigenvalue weighted by molar-refractivity contribution is 6.08. The van der Waals surface area contributed by atoms with Crippen LogP contribution in [0, 0.1) is 0 Å². The van der Waals surface area contributed by atoms with Gasteiger partial charge in [-0.2, -0.15) is 0 Å². The molecule has 2 N–H and O–H groups in total. The zero-order chi connectivity index (χ0) is 22.0. The lowest BCUT2D eigenvalue weighted by Gasteiger charge is -2.30. The maximum atomic E-state index is 12.3. The molecular weight excluding hydrogens is 372 g/mol. The third-order valence-corrected chi connectivity index (χ3v) is 3.59. The van der Waals surface area contributed by atoms with Crippen LogP contribution in [0.3, 0.4) is 0 Å². The number of carbonyl (C=O) groups excluding carboxylic acids is 6. The van der Waals surface area contributed by atoms with E-state index in [1.807, 2.05) is 0 Å². The normalized spacial score (nSPS) is 12.6. The number of aliphatic hydroxyl groups is 2. The van der Waals surface area contributed by atoms with Crippen molar-refractivity contribution in [3.63, 3.8) is 0 Å². The Morgan fingerprint density at radius 1 is 0.714 bits per heavy atom. The Bertz CT molecular complexity index is 601. The second-order valence-corrected chi connectivity index (χ2v) is 6.72. The van der Waals surface area contributed by atoms with Crippen molar-refractivity contribution in [3.05, 3.63) is 0 Å². The standard InChI is InChI=1S/C18H28N2O8/c1-11(21)7-15(25)19(16(26)8-12(2)22)5-6-20(17(27)9-13(3)23)18(28)10-14(4)24/h11,16,21,26H,5-10H2,1-4H3. The van der Waals surface area contributed by atoms with E-state index < -0.39 is 54.5 Å². The fourth-order valence-electron chi connectivity index (χ4n) is 2.39. The highest BCUT2D eigenvalue weighted by atomic mass is 16.3. The first-order valence-electron chi connectivity index (χ1n) is 8.82. The monoisotopic (exact) mass is 400 g/mol. The van der Waals surface area contributed by atoms with Crippen molar-refractivity contribution >= 4 is 35.1 Å². The van der Waals surface area contributed by atoms with Gasteiger partial charge in [0.25, 0.3) is 0 Å². The summed E-state index contributed by atoms with van der Waals surface area (Å²) in [6, 6.07) is 0. The average molecular weight is 400 g/mol. The van der Waals surface area contributed by atoms with Crippen molar-refractivity contribution in [1.82, 2.24) is 9.80 Å². The van der Waals surface area contributed by atoms with Crippen LogP contribution in [0.15, 0.2) is 0 Å². The van der Waals surface area contributed by atoms with Crippen LogP contribution in [0.5, 0.6) is 0 Å². The number of aliphatic hydroxyl groups excluding tert-OH is 2. The van der Waals surface area contributed by atoms with Gasteiger partial charge in [0.15, 0.2) is 0 Å². The van der Waals surface area contributed by atoms with Gasteiger partial charge in [0.05, 0.1) is 31.8 Å². The number of hydrogen-bond donors (Lipinski definition) is 2. The van der Waals surface area contributed by atoms with Crippen molar-refractivity contribution in [1.29, 1.82) is 0 Å². The summed E-state index contributed by atoms with van der Waals surface area (Å²) in [5.41, 5.74) is 0. The van der Waals surface area contributed by atoms with Crippen molar-refractivity contribution in [2.75, 3.05) is 13.1 Å². The van der Waals surface area contributed by atoms with Crippen LogP contribution in [0.2, 0.25) is 0 Å². The van der Waals surface area contributed by atoms with Crippen LogP contribution in [-0.2, 0) is 28.8 Å². The average Bonchev–Trinajstić information content (AvgIpc) is 2.47. The molecule has 0 bridgehead atoms. The summed E-state index contributed by atoms with van der Waals surface area (Å²) < 4.78 is 0. The predicted octanol–water partition coefficient (Wildman–Crippen LogP) is -0.803. The van der Waals surface area contributed by atoms with Crippen molar-refractivity contribution < 1.29 is 39.0 Å². The molecule has 0 aromatic heterocycles. The molecule has 0 saturated carbocycles. The summed E-state index contributed by atoms with van der Waals surface area (Å²) in [5, 5.41) is 19.5. The van der Waals surface area contributed by atoms with E-state index in [1.165, 1.54) is 27.7 Å². The molecule has 10 heteroatoms. The molecule has 0 aliphatic heterocycles. The quantitative estimate of drug-likeness (QED) is 0.319. The lowest BCUT2D eigenvalue weighted by molar-refractivity contribution is -0.152. The van der Waals surface area contributed by atoms with Crippen LogP contribution in [0.25, 0.3) is 0 Å². The van der Waals surface area contributed by atoms with Gasteiger partial charge in [-0.3, -0.25) is 33.7 Å². The predicted molar refractivity (Wildman–Crippen MR) is 96.6 cm³/mol. The van der Waals surface area contributed by atoms with Gasteiger partial charge < -0.3 is 15.1 Å². The second-order valence-electron chi connectivity index (χ2n) is 6.72. The molecule has 0 rings (SSSR count). The summed E-state index contributed by atoms with van der Waals surface area (Å²) in [7, 11) is 0. The molecule has 158 valence electrons. The molecule has 0 heterocycles. The largest absolute Gasteiger partial charge is 0.393 e. The Labute approximate surface area is 163 Å². The molecule has 3 amide bonds. The van der Waals surface area contributed by atoms with E-state index in [2.05, 4.69) is 0 Å². The fourth-order valence-corrected chi connectivity index (χ4v) is 2.39. The number of carbonyl (C=O) groups is 6. The summed E-state index contributed by atoms with van der Waals surface area (Å²) in [6.07, 6.45) is -4.32. The molecule has 0 aromatic rings. The summed E-state index contributed by atoms with van der Waals surface area (Å²) >= 11 is 0. The highest BCUT2D eigenvalue weighted by Crippen LogP contribution is 2.09. The number of hydrogen-bond acceptors (Lipinski definition) is 8. The Kier molecular flexibility index (Phi) is 11.0. The van der Waals surface area contributed by atoms with Gasteiger partial charge in [-0.05, 0) is 27.7 Å². The molecule has 0 aliphatic rings. The van der Waals surface area contributed by atoms with E-state index in [-0.39, 0.29) is 31.7 Å². The third-order valence-electron chi connectivity index (χ3n) is 3.59. The van der Waals surface area contributed by atoms with Crippen molar-refractivity contribution in [2.45, 2.75) is 65.7 Å². The van der Waals surface area contributed by atoms with Gasteiger partial charge in [0.1, 0.15) is 23.6 Å². The number of rotatable bonds is 12. The van der Waals surface area contributed by atoms with Gasteiger partial charge in [0, 0.05) is 13.1 Å². The van der Waals surface area contributed by atoms with Crippen LogP contribution in [-0.4, -0.2) is 80.5 Å². The van der Waals surface area contributed by atoms with Crippen LogP contribution in [0.4, 0.5) is 0 Å². The van der Waals surface area contributed by atoms with Gasteiger partial charge >= 0.3 is 0 Å². The van der Waals surface area contributed by atoms with E-state index in [0.717, 1.165) is 4.90 Å². The first-order valence-corrected chi connectivity index (χ1v) is 8.82. The number of nitrogens with zero attached hydrogens (tertiary/aromatic N) is 2. The van der Waals surface area contributed by atoms with Gasteiger partial charge in [-0.15, -0.1) is 0 Å². The second kappa shape index (κ2) is 12.1. The number of ketones is 3. The lowest BCUT2D eigenvalue weighted by atomic mass is 10.2. The Balaban J connectivity index is 5.45. The van der Waals surface area contributed by atoms with E-state index in [9.17, 15) is 39.0 Å². The lowest BCUT2D eigenvalue weighted by Crippen LogP contribution is -2.48. The molecular formula is C18H28N2O8. The van der Waals surface area contributed by atoms with Crippen LogP contribution < -0.4 is 0 Å². The van der Waals surface area contributed by atoms with Crippen LogP contribution in [0.1, 0.15) is 53.4 Å². The first-order chi connectivity index (χ1) is 12.8. The van der Waals surface area contributed by atoms with Gasteiger partial charge in [-0.1, -0.05) is 0 Å². The van der Waals surface area contributed by atoms with Crippen molar-refractivity contribution in [2.24, 2.45) is 0 Å². The zero-order valence-electron chi connectivity index (χ0n) is 16.6. The van der Waals surface area contributed by atoms with Crippen LogP contribution >= 0.6 is 0 Å². The van der Waals surface area contributed by atoms with E-state index in [4.69, 9.17) is 0 Å². The Morgan fingerprint density at radius 2 is 1.18 bits per heavy atom. The highest BCUT2D eigenvalue weighted by Gasteiger charge is 2.28. The Hall–Kier alpha value is -2.46. The van der Waals surface area contributed by atoms with Gasteiger partial charge in [-0.25, -0.2) is 0 Å². The molecule has 2 unspecified atom stereocenters. The number of Topliss-reactive ketones (excluding diaryl/α,β-unsaturated/α-hetero) is 3. The fraction of sp³-hybridized carbons (Fsp3) is 0.667. The third kappa shape index (κ3) is 10.0. The minimum atomic E-state index is -1.50.